The van der Waals surface area contributed by atoms with E-state index in [2.05, 4.69) is 10.3 Å². The summed E-state index contributed by atoms with van der Waals surface area (Å²) < 4.78 is 36.1. The molecule has 1 rings (SSSR count). The van der Waals surface area contributed by atoms with E-state index in [-0.39, 0.29) is 6.04 Å². The fraction of sp³-hybridized carbons (Fsp3) is 0.538. The molecule has 0 bridgehead atoms. The Hall–Kier alpha value is -1.59. The van der Waals surface area contributed by atoms with Crippen LogP contribution in [-0.4, -0.2) is 17.1 Å². The van der Waals surface area contributed by atoms with Crippen molar-refractivity contribution in [3.63, 3.8) is 0 Å². The third kappa shape index (κ3) is 5.72. The van der Waals surface area contributed by atoms with Crippen LogP contribution in [-0.2, 0) is 4.79 Å². The number of halogens is 3. The van der Waals surface area contributed by atoms with Crippen molar-refractivity contribution in [1.29, 1.82) is 0 Å². The number of hydrogen-bond acceptors (Lipinski definition) is 2. The number of hydrogen-bond donors (Lipinski definition) is 1. The van der Waals surface area contributed by atoms with E-state index in [1.807, 2.05) is 26.0 Å². The number of aromatic nitrogens is 1. The van der Waals surface area contributed by atoms with Gasteiger partial charge in [-0.15, -0.1) is 0 Å². The van der Waals surface area contributed by atoms with Gasteiger partial charge in [-0.25, -0.2) is 0 Å². The molecular formula is C13H17F3N2O. The Bertz CT molecular complexity index is 432. The minimum atomic E-state index is -4.30. The summed E-state index contributed by atoms with van der Waals surface area (Å²) in [4.78, 5) is 15.6. The van der Waals surface area contributed by atoms with E-state index in [4.69, 9.17) is 0 Å². The van der Waals surface area contributed by atoms with Crippen molar-refractivity contribution >= 4 is 5.91 Å². The summed E-state index contributed by atoms with van der Waals surface area (Å²) in [6.45, 7) is 3.74. The van der Waals surface area contributed by atoms with Crippen LogP contribution >= 0.6 is 0 Å². The molecule has 1 atom stereocenters. The van der Waals surface area contributed by atoms with E-state index in [0.29, 0.717) is 12.1 Å². The molecule has 0 saturated carbocycles. The standard InChI is InChI=1S/C13H17F3N2O/c1-3-10(11-8-9(2)5-7-17-11)18-12(19)4-6-13(14,15)16/h5,7-8,10H,3-4,6H2,1-2H3,(H,18,19)/t10-/m1/s1. The molecule has 0 aromatic carbocycles. The Labute approximate surface area is 110 Å². The maximum Gasteiger partial charge on any atom is 0.389 e. The average Bonchev–Trinajstić information content (AvgIpc) is 2.32. The lowest BCUT2D eigenvalue weighted by atomic mass is 10.1. The monoisotopic (exact) mass is 274 g/mol. The Balaban J connectivity index is 2.60. The molecule has 0 fully saturated rings. The van der Waals surface area contributed by atoms with Crippen LogP contribution < -0.4 is 5.32 Å². The van der Waals surface area contributed by atoms with Gasteiger partial charge >= 0.3 is 6.18 Å². The predicted molar refractivity (Wildman–Crippen MR) is 65.4 cm³/mol. The second-order valence-electron chi connectivity index (χ2n) is 4.40. The summed E-state index contributed by atoms with van der Waals surface area (Å²) in [7, 11) is 0. The number of rotatable bonds is 5. The third-order valence-electron chi connectivity index (χ3n) is 2.67. The van der Waals surface area contributed by atoms with Crippen molar-refractivity contribution in [2.24, 2.45) is 0 Å². The maximum atomic E-state index is 12.0. The Morgan fingerprint density at radius 2 is 2.16 bits per heavy atom. The predicted octanol–water partition coefficient (Wildman–Crippen LogP) is 3.30. The number of carbonyl (C=O) groups is 1. The second-order valence-corrected chi connectivity index (χ2v) is 4.40. The summed E-state index contributed by atoms with van der Waals surface area (Å²) in [5, 5.41) is 2.58. The molecule has 3 nitrogen and oxygen atoms in total. The summed E-state index contributed by atoms with van der Waals surface area (Å²) >= 11 is 0. The number of pyridine rings is 1. The van der Waals surface area contributed by atoms with Crippen molar-refractivity contribution in [2.45, 2.75) is 45.3 Å². The molecule has 0 aliphatic carbocycles. The Kier molecular flexibility index (Phi) is 5.32. The van der Waals surface area contributed by atoms with Crippen LogP contribution in [0.2, 0.25) is 0 Å². The van der Waals surface area contributed by atoms with Gasteiger partial charge < -0.3 is 5.32 Å². The molecule has 0 aliphatic rings. The van der Waals surface area contributed by atoms with Gasteiger partial charge in [-0.3, -0.25) is 9.78 Å². The lowest BCUT2D eigenvalue weighted by Gasteiger charge is -2.17. The van der Waals surface area contributed by atoms with Gasteiger partial charge in [0, 0.05) is 12.6 Å². The molecule has 6 heteroatoms. The highest BCUT2D eigenvalue weighted by atomic mass is 19.4. The number of amides is 1. The zero-order chi connectivity index (χ0) is 14.5. The molecule has 106 valence electrons. The minimum absolute atomic E-state index is 0.347. The first-order valence-electron chi connectivity index (χ1n) is 6.10. The molecule has 19 heavy (non-hydrogen) atoms. The van der Waals surface area contributed by atoms with Gasteiger partial charge in [-0.2, -0.15) is 13.2 Å². The number of nitrogens with zero attached hydrogens (tertiary/aromatic N) is 1. The zero-order valence-electron chi connectivity index (χ0n) is 10.9. The summed E-state index contributed by atoms with van der Waals surface area (Å²) in [5.41, 5.74) is 1.66. The second kappa shape index (κ2) is 6.54. The van der Waals surface area contributed by atoms with Crippen LogP contribution in [0.4, 0.5) is 13.2 Å². The van der Waals surface area contributed by atoms with Crippen molar-refractivity contribution in [3.8, 4) is 0 Å². The largest absolute Gasteiger partial charge is 0.389 e. The van der Waals surface area contributed by atoms with Gasteiger partial charge in [0.2, 0.25) is 5.91 Å². The quantitative estimate of drug-likeness (QED) is 0.895. The summed E-state index contributed by atoms with van der Waals surface area (Å²) in [6, 6.07) is 3.29. The highest BCUT2D eigenvalue weighted by molar-refractivity contribution is 5.76. The van der Waals surface area contributed by atoms with Gasteiger partial charge in [0.1, 0.15) is 0 Å². The van der Waals surface area contributed by atoms with Gasteiger partial charge in [0.15, 0.2) is 0 Å². The number of nitrogens with one attached hydrogen (secondary N) is 1. The average molecular weight is 274 g/mol. The minimum Gasteiger partial charge on any atom is -0.348 e. The first-order valence-corrected chi connectivity index (χ1v) is 6.10. The van der Waals surface area contributed by atoms with E-state index >= 15 is 0 Å². The van der Waals surface area contributed by atoms with Crippen LogP contribution in [0.5, 0.6) is 0 Å². The van der Waals surface area contributed by atoms with Gasteiger partial charge in [-0.1, -0.05) is 6.92 Å². The van der Waals surface area contributed by atoms with Crippen LogP contribution in [0.3, 0.4) is 0 Å². The van der Waals surface area contributed by atoms with Gasteiger partial charge in [-0.05, 0) is 31.0 Å². The normalized spacial score (nSPS) is 13.1. The highest BCUT2D eigenvalue weighted by Crippen LogP contribution is 2.22. The van der Waals surface area contributed by atoms with Crippen LogP contribution in [0.25, 0.3) is 0 Å². The lowest BCUT2D eigenvalue weighted by molar-refractivity contribution is -0.144. The zero-order valence-corrected chi connectivity index (χ0v) is 10.9. The van der Waals surface area contributed by atoms with Gasteiger partial charge in [0.25, 0.3) is 0 Å². The topological polar surface area (TPSA) is 42.0 Å². The molecule has 1 aromatic heterocycles. The number of alkyl halides is 3. The van der Waals surface area contributed by atoms with Crippen molar-refractivity contribution in [3.05, 3.63) is 29.6 Å². The van der Waals surface area contributed by atoms with Crippen LogP contribution in [0, 0.1) is 6.92 Å². The Morgan fingerprint density at radius 3 is 2.68 bits per heavy atom. The molecule has 1 N–H and O–H groups in total. The highest BCUT2D eigenvalue weighted by Gasteiger charge is 2.28. The van der Waals surface area contributed by atoms with E-state index in [9.17, 15) is 18.0 Å². The van der Waals surface area contributed by atoms with E-state index in [1.54, 1.807) is 6.20 Å². The molecule has 1 amide bonds. The molecule has 0 radical (unpaired) electrons. The Morgan fingerprint density at radius 1 is 1.47 bits per heavy atom. The lowest BCUT2D eigenvalue weighted by Crippen LogP contribution is -2.29. The van der Waals surface area contributed by atoms with Gasteiger partial charge in [0.05, 0.1) is 18.2 Å². The van der Waals surface area contributed by atoms with Crippen LogP contribution in [0.1, 0.15) is 43.5 Å². The van der Waals surface area contributed by atoms with Crippen molar-refractivity contribution in [1.82, 2.24) is 10.3 Å². The third-order valence-corrected chi connectivity index (χ3v) is 2.67. The molecule has 0 spiro atoms. The van der Waals surface area contributed by atoms with Crippen molar-refractivity contribution in [2.75, 3.05) is 0 Å². The fourth-order valence-electron chi connectivity index (χ4n) is 1.66. The van der Waals surface area contributed by atoms with Crippen molar-refractivity contribution < 1.29 is 18.0 Å². The van der Waals surface area contributed by atoms with E-state index in [0.717, 1.165) is 5.56 Å². The number of aryl methyl sites for hydroxylation is 1. The molecule has 0 saturated heterocycles. The van der Waals surface area contributed by atoms with E-state index < -0.39 is 24.9 Å². The smallest absolute Gasteiger partial charge is 0.348 e. The van der Waals surface area contributed by atoms with Crippen LogP contribution in [0.15, 0.2) is 18.3 Å². The first kappa shape index (κ1) is 15.5. The fourth-order valence-corrected chi connectivity index (χ4v) is 1.66. The molecule has 1 heterocycles. The molecule has 0 unspecified atom stereocenters. The summed E-state index contributed by atoms with van der Waals surface area (Å²) in [6.07, 6.45) is -3.76. The number of carbonyl (C=O) groups excluding carboxylic acids is 1. The first-order chi connectivity index (χ1) is 8.81. The van der Waals surface area contributed by atoms with E-state index in [1.165, 1.54) is 0 Å². The maximum absolute atomic E-state index is 12.0. The molecular weight excluding hydrogens is 257 g/mol. The molecule has 1 aromatic rings. The SMILES string of the molecule is CC[C@@H](NC(=O)CCC(F)(F)F)c1cc(C)ccn1. The molecule has 0 aliphatic heterocycles. The summed E-state index contributed by atoms with van der Waals surface area (Å²) in [5.74, 6) is -0.604.